The monoisotopic (exact) mass is 240 g/mol. The molecular formula is C13H24N2O2. The summed E-state index contributed by atoms with van der Waals surface area (Å²) in [5.41, 5.74) is 5.60. The lowest BCUT2D eigenvalue weighted by atomic mass is 10.0. The maximum absolute atomic E-state index is 11.6. The molecule has 3 N–H and O–H groups in total. The van der Waals surface area contributed by atoms with Crippen LogP contribution in [0, 0.1) is 0 Å². The van der Waals surface area contributed by atoms with Gasteiger partial charge >= 0.3 is 6.09 Å². The minimum atomic E-state index is -0.350. The van der Waals surface area contributed by atoms with Crippen molar-refractivity contribution in [3.8, 4) is 0 Å². The summed E-state index contributed by atoms with van der Waals surface area (Å²) < 4.78 is 5.36. The van der Waals surface area contributed by atoms with E-state index in [9.17, 15) is 4.79 Å². The number of carbonyl (C=O) groups excluding carboxylic acids is 1. The standard InChI is InChI=1S/C13H24N2O2/c1-13(2,3)15-12(16)17-11-8-4-6-10(14)7-5-9-11/h4,8,10-11H,5-7,9,14H2,1-3H3,(H,15,16)/b8-4+/t10-,11?/m1/s1. The van der Waals surface area contributed by atoms with Gasteiger partial charge in [-0.2, -0.15) is 0 Å². The zero-order valence-electron chi connectivity index (χ0n) is 11.0. The molecule has 0 fully saturated rings. The van der Waals surface area contributed by atoms with E-state index in [0.29, 0.717) is 0 Å². The lowest BCUT2D eigenvalue weighted by Gasteiger charge is -2.23. The molecule has 1 unspecified atom stereocenters. The van der Waals surface area contributed by atoms with Crippen molar-refractivity contribution in [2.75, 3.05) is 0 Å². The van der Waals surface area contributed by atoms with Gasteiger partial charge in [-0.1, -0.05) is 6.08 Å². The molecule has 0 aromatic rings. The van der Waals surface area contributed by atoms with Crippen molar-refractivity contribution in [1.82, 2.24) is 5.32 Å². The molecule has 1 aliphatic carbocycles. The van der Waals surface area contributed by atoms with Crippen LogP contribution < -0.4 is 11.1 Å². The maximum atomic E-state index is 11.6. The molecule has 4 heteroatoms. The Labute approximate surface area is 104 Å². The highest BCUT2D eigenvalue weighted by atomic mass is 16.6. The van der Waals surface area contributed by atoms with Gasteiger partial charge in [0.25, 0.3) is 0 Å². The van der Waals surface area contributed by atoms with Gasteiger partial charge in [0.15, 0.2) is 0 Å². The van der Waals surface area contributed by atoms with Gasteiger partial charge in [-0.05, 0) is 52.5 Å². The van der Waals surface area contributed by atoms with Crippen LogP contribution in [-0.4, -0.2) is 23.8 Å². The van der Waals surface area contributed by atoms with Gasteiger partial charge in [-0.15, -0.1) is 0 Å². The Kier molecular flexibility index (Phi) is 5.00. The number of rotatable bonds is 1. The molecule has 98 valence electrons. The van der Waals surface area contributed by atoms with Crippen LogP contribution in [-0.2, 0) is 4.74 Å². The van der Waals surface area contributed by atoms with Crippen molar-refractivity contribution in [1.29, 1.82) is 0 Å². The summed E-state index contributed by atoms with van der Waals surface area (Å²) in [5.74, 6) is 0. The number of nitrogens with two attached hydrogens (primary N) is 1. The third kappa shape index (κ3) is 6.31. The van der Waals surface area contributed by atoms with Crippen molar-refractivity contribution >= 4 is 6.09 Å². The molecule has 2 atom stereocenters. The Morgan fingerprint density at radius 2 is 2.12 bits per heavy atom. The summed E-state index contributed by atoms with van der Waals surface area (Å²) in [6.07, 6.45) is 7.19. The quantitative estimate of drug-likeness (QED) is 0.691. The van der Waals surface area contributed by atoms with Crippen molar-refractivity contribution in [3.05, 3.63) is 12.2 Å². The van der Waals surface area contributed by atoms with Crippen LogP contribution in [0.2, 0.25) is 0 Å². The Hall–Kier alpha value is -1.03. The van der Waals surface area contributed by atoms with Crippen molar-refractivity contribution in [3.63, 3.8) is 0 Å². The van der Waals surface area contributed by atoms with E-state index in [1.165, 1.54) is 0 Å². The molecule has 0 aliphatic heterocycles. The van der Waals surface area contributed by atoms with Gasteiger partial charge in [-0.25, -0.2) is 4.79 Å². The average Bonchev–Trinajstić information content (AvgIpc) is 2.10. The number of carbonyl (C=O) groups is 1. The molecule has 0 spiro atoms. The third-order valence-corrected chi connectivity index (χ3v) is 2.59. The average molecular weight is 240 g/mol. The van der Waals surface area contributed by atoms with Gasteiger partial charge in [0, 0.05) is 11.6 Å². The first-order valence-electron chi connectivity index (χ1n) is 6.28. The first kappa shape index (κ1) is 14.0. The summed E-state index contributed by atoms with van der Waals surface area (Å²) in [5, 5.41) is 2.79. The fourth-order valence-corrected chi connectivity index (χ4v) is 1.77. The van der Waals surface area contributed by atoms with Gasteiger partial charge in [0.1, 0.15) is 6.10 Å². The van der Waals surface area contributed by atoms with Gasteiger partial charge < -0.3 is 15.8 Å². The van der Waals surface area contributed by atoms with Crippen molar-refractivity contribution in [2.24, 2.45) is 5.73 Å². The van der Waals surface area contributed by atoms with Gasteiger partial charge in [-0.3, -0.25) is 0 Å². The fourth-order valence-electron chi connectivity index (χ4n) is 1.77. The highest BCUT2D eigenvalue weighted by Crippen LogP contribution is 2.14. The molecular weight excluding hydrogens is 216 g/mol. The van der Waals surface area contributed by atoms with Crippen LogP contribution >= 0.6 is 0 Å². The Morgan fingerprint density at radius 3 is 2.76 bits per heavy atom. The SMILES string of the molecule is CC(C)(C)NC(=O)OC1/C=C/C[C@@H](N)CCC1. The first-order valence-corrected chi connectivity index (χ1v) is 6.28. The molecule has 17 heavy (non-hydrogen) atoms. The van der Waals surface area contributed by atoms with E-state index in [4.69, 9.17) is 10.5 Å². The van der Waals surface area contributed by atoms with Gasteiger partial charge in [0.2, 0.25) is 0 Å². The van der Waals surface area contributed by atoms with E-state index in [1.54, 1.807) is 0 Å². The molecule has 0 saturated heterocycles. The van der Waals surface area contributed by atoms with Gasteiger partial charge in [0.05, 0.1) is 0 Å². The Balaban J connectivity index is 2.42. The van der Waals surface area contributed by atoms with Crippen LogP contribution in [0.4, 0.5) is 4.79 Å². The van der Waals surface area contributed by atoms with E-state index in [-0.39, 0.29) is 23.8 Å². The van der Waals surface area contributed by atoms with Crippen LogP contribution in [0.15, 0.2) is 12.2 Å². The molecule has 4 nitrogen and oxygen atoms in total. The molecule has 0 aromatic heterocycles. The second-order valence-electron chi connectivity index (χ2n) is 5.67. The predicted octanol–water partition coefficient (Wildman–Crippen LogP) is 2.34. The highest BCUT2D eigenvalue weighted by molar-refractivity contribution is 5.68. The second kappa shape index (κ2) is 6.05. The summed E-state index contributed by atoms with van der Waals surface area (Å²) in [7, 11) is 0. The topological polar surface area (TPSA) is 64.3 Å². The number of alkyl carbamates (subject to hydrolysis) is 1. The number of hydrogen-bond donors (Lipinski definition) is 2. The molecule has 0 aromatic carbocycles. The smallest absolute Gasteiger partial charge is 0.408 e. The Bertz CT molecular complexity index is 282. The van der Waals surface area contributed by atoms with Crippen molar-refractivity contribution < 1.29 is 9.53 Å². The van der Waals surface area contributed by atoms with Crippen LogP contribution in [0.1, 0.15) is 46.5 Å². The summed E-state index contributed by atoms with van der Waals surface area (Å²) in [6.45, 7) is 5.80. The molecule has 0 bridgehead atoms. The van der Waals surface area contributed by atoms with E-state index < -0.39 is 0 Å². The Morgan fingerprint density at radius 1 is 1.41 bits per heavy atom. The number of nitrogens with one attached hydrogen (secondary N) is 1. The molecule has 1 rings (SSSR count). The second-order valence-corrected chi connectivity index (χ2v) is 5.67. The third-order valence-electron chi connectivity index (χ3n) is 2.59. The fraction of sp³-hybridized carbons (Fsp3) is 0.769. The summed E-state index contributed by atoms with van der Waals surface area (Å²) in [4.78, 5) is 11.6. The lowest BCUT2D eigenvalue weighted by molar-refractivity contribution is 0.106. The lowest BCUT2D eigenvalue weighted by Crippen LogP contribution is -2.42. The summed E-state index contributed by atoms with van der Waals surface area (Å²) >= 11 is 0. The highest BCUT2D eigenvalue weighted by Gasteiger charge is 2.18. The molecule has 1 amide bonds. The molecule has 1 aliphatic rings. The minimum absolute atomic E-state index is 0.121. The number of hydrogen-bond acceptors (Lipinski definition) is 3. The summed E-state index contributed by atoms with van der Waals surface area (Å²) in [6, 6.07) is 0.246. The zero-order valence-corrected chi connectivity index (χ0v) is 11.0. The van der Waals surface area contributed by atoms with Crippen LogP contribution in [0.3, 0.4) is 0 Å². The molecule has 0 radical (unpaired) electrons. The number of ether oxygens (including phenoxy) is 1. The van der Waals surface area contributed by atoms with Crippen LogP contribution in [0.25, 0.3) is 0 Å². The van der Waals surface area contributed by atoms with Crippen molar-refractivity contribution in [2.45, 2.75) is 64.1 Å². The maximum Gasteiger partial charge on any atom is 0.408 e. The number of amides is 1. The normalized spacial score (nSPS) is 27.8. The molecule has 0 heterocycles. The van der Waals surface area contributed by atoms with E-state index in [2.05, 4.69) is 5.32 Å². The van der Waals surface area contributed by atoms with E-state index in [0.717, 1.165) is 25.7 Å². The predicted molar refractivity (Wildman–Crippen MR) is 68.7 cm³/mol. The zero-order chi connectivity index (χ0) is 12.9. The largest absolute Gasteiger partial charge is 0.442 e. The van der Waals surface area contributed by atoms with E-state index >= 15 is 0 Å². The van der Waals surface area contributed by atoms with E-state index in [1.807, 2.05) is 32.9 Å². The first-order chi connectivity index (χ1) is 7.87. The molecule has 0 saturated carbocycles. The minimum Gasteiger partial charge on any atom is -0.442 e. The van der Waals surface area contributed by atoms with Crippen LogP contribution in [0.5, 0.6) is 0 Å².